The van der Waals surface area contributed by atoms with Crippen LogP contribution in [0.25, 0.3) is 0 Å². The molecule has 2 nitrogen and oxygen atoms in total. The molecule has 1 atom stereocenters. The van der Waals surface area contributed by atoms with Crippen molar-refractivity contribution in [3.05, 3.63) is 28.2 Å². The third-order valence-corrected chi connectivity index (χ3v) is 2.75. The molecule has 0 spiro atoms. The quantitative estimate of drug-likeness (QED) is 0.710. The van der Waals surface area contributed by atoms with Crippen LogP contribution in [-0.4, -0.2) is 12.5 Å². The van der Waals surface area contributed by atoms with Crippen molar-refractivity contribution in [2.24, 2.45) is 5.73 Å². The summed E-state index contributed by atoms with van der Waals surface area (Å²) in [6, 6.07) is 2.33. The SMILES string of the molecule is Cl.N[C@H](CCC(F)(F)F)c1cc(Br)cc(OC(F)(F)F)c1. The summed E-state index contributed by atoms with van der Waals surface area (Å²) >= 11 is 2.95. The Kier molecular flexibility index (Phi) is 7.31. The molecule has 0 aliphatic heterocycles. The second-order valence-corrected chi connectivity index (χ2v) is 4.94. The molecule has 0 unspecified atom stereocenters. The van der Waals surface area contributed by atoms with E-state index in [1.165, 1.54) is 6.07 Å². The van der Waals surface area contributed by atoms with Crippen molar-refractivity contribution < 1.29 is 31.1 Å². The summed E-state index contributed by atoms with van der Waals surface area (Å²) in [5.41, 5.74) is 5.67. The zero-order valence-electron chi connectivity index (χ0n) is 10.3. The van der Waals surface area contributed by atoms with E-state index >= 15 is 0 Å². The zero-order valence-corrected chi connectivity index (χ0v) is 12.7. The number of benzene rings is 1. The van der Waals surface area contributed by atoms with Crippen molar-refractivity contribution in [2.75, 3.05) is 0 Å². The molecule has 2 N–H and O–H groups in total. The van der Waals surface area contributed by atoms with Crippen LogP contribution in [0.2, 0.25) is 0 Å². The first-order valence-corrected chi connectivity index (χ1v) is 6.14. The van der Waals surface area contributed by atoms with Gasteiger partial charge in [-0.2, -0.15) is 13.2 Å². The summed E-state index contributed by atoms with van der Waals surface area (Å²) in [7, 11) is 0. The van der Waals surface area contributed by atoms with E-state index in [1.54, 1.807) is 0 Å². The lowest BCUT2D eigenvalue weighted by atomic mass is 10.0. The molecule has 0 saturated heterocycles. The van der Waals surface area contributed by atoms with Crippen molar-refractivity contribution >= 4 is 28.3 Å². The normalized spacial score (nSPS) is 13.5. The molecule has 1 aromatic rings. The summed E-state index contributed by atoms with van der Waals surface area (Å²) in [4.78, 5) is 0. The third-order valence-electron chi connectivity index (χ3n) is 2.29. The molecular weight excluding hydrogens is 391 g/mol. The highest BCUT2D eigenvalue weighted by Crippen LogP contribution is 2.32. The second kappa shape index (κ2) is 7.55. The van der Waals surface area contributed by atoms with Crippen LogP contribution in [0, 0.1) is 0 Å². The molecular formula is C11H11BrClF6NO. The van der Waals surface area contributed by atoms with Crippen molar-refractivity contribution in [1.29, 1.82) is 0 Å². The van der Waals surface area contributed by atoms with Gasteiger partial charge in [-0.05, 0) is 30.2 Å². The smallest absolute Gasteiger partial charge is 0.406 e. The number of halogens is 8. The van der Waals surface area contributed by atoms with Gasteiger partial charge in [0, 0.05) is 16.9 Å². The highest BCUT2D eigenvalue weighted by molar-refractivity contribution is 9.10. The molecule has 0 amide bonds. The Morgan fingerprint density at radius 1 is 1.10 bits per heavy atom. The van der Waals surface area contributed by atoms with Crippen LogP contribution in [0.5, 0.6) is 5.75 Å². The van der Waals surface area contributed by atoms with Crippen LogP contribution < -0.4 is 10.5 Å². The summed E-state index contributed by atoms with van der Waals surface area (Å²) in [6.45, 7) is 0. The van der Waals surface area contributed by atoms with Gasteiger partial charge in [-0.1, -0.05) is 15.9 Å². The van der Waals surface area contributed by atoms with Gasteiger partial charge in [0.2, 0.25) is 0 Å². The minimum atomic E-state index is -4.88. The van der Waals surface area contributed by atoms with E-state index in [1.807, 2.05) is 0 Å². The summed E-state index contributed by atoms with van der Waals surface area (Å²) in [5, 5.41) is 0. The zero-order chi connectivity index (χ0) is 15.6. The van der Waals surface area contributed by atoms with E-state index < -0.39 is 37.2 Å². The fourth-order valence-electron chi connectivity index (χ4n) is 1.48. The number of nitrogens with two attached hydrogens (primary N) is 1. The molecule has 0 radical (unpaired) electrons. The maximum Gasteiger partial charge on any atom is 0.573 e. The highest BCUT2D eigenvalue weighted by Gasteiger charge is 2.32. The van der Waals surface area contributed by atoms with Crippen LogP contribution in [-0.2, 0) is 0 Å². The Bertz CT molecular complexity index is 465. The van der Waals surface area contributed by atoms with E-state index in [9.17, 15) is 26.3 Å². The minimum absolute atomic E-state index is 0. The fourth-order valence-corrected chi connectivity index (χ4v) is 1.97. The standard InChI is InChI=1S/C11H10BrF6NO.ClH/c12-7-3-6(9(19)1-2-10(13,14)15)4-8(5-7)20-11(16,17)18;/h3-5,9H,1-2,19H2;1H/t9-;/m1./s1. The average Bonchev–Trinajstić information content (AvgIpc) is 2.21. The molecule has 0 bridgehead atoms. The van der Waals surface area contributed by atoms with Crippen molar-refractivity contribution in [3.8, 4) is 5.75 Å². The van der Waals surface area contributed by atoms with Crippen LogP contribution >= 0.6 is 28.3 Å². The lowest BCUT2D eigenvalue weighted by molar-refractivity contribution is -0.274. The molecule has 21 heavy (non-hydrogen) atoms. The molecule has 0 aliphatic carbocycles. The number of hydrogen-bond donors (Lipinski definition) is 1. The van der Waals surface area contributed by atoms with Gasteiger partial charge in [-0.3, -0.25) is 0 Å². The molecule has 0 aromatic heterocycles. The number of hydrogen-bond acceptors (Lipinski definition) is 2. The Morgan fingerprint density at radius 2 is 1.67 bits per heavy atom. The average molecular weight is 403 g/mol. The minimum Gasteiger partial charge on any atom is -0.406 e. The van der Waals surface area contributed by atoms with Gasteiger partial charge in [0.05, 0.1) is 0 Å². The van der Waals surface area contributed by atoms with Gasteiger partial charge >= 0.3 is 12.5 Å². The molecule has 1 rings (SSSR count). The number of alkyl halides is 6. The van der Waals surface area contributed by atoms with Crippen LogP contribution in [0.3, 0.4) is 0 Å². The van der Waals surface area contributed by atoms with Gasteiger partial charge in [0.25, 0.3) is 0 Å². The van der Waals surface area contributed by atoms with Crippen LogP contribution in [0.4, 0.5) is 26.3 Å². The lowest BCUT2D eigenvalue weighted by Crippen LogP contribution is -2.18. The first-order valence-electron chi connectivity index (χ1n) is 5.35. The largest absolute Gasteiger partial charge is 0.573 e. The Morgan fingerprint density at radius 3 is 2.14 bits per heavy atom. The number of ether oxygens (including phenoxy) is 1. The predicted octanol–water partition coefficient (Wildman–Crippen LogP) is 5.11. The fraction of sp³-hybridized carbons (Fsp3) is 0.455. The monoisotopic (exact) mass is 401 g/mol. The van der Waals surface area contributed by atoms with Crippen LogP contribution in [0.1, 0.15) is 24.4 Å². The van der Waals surface area contributed by atoms with E-state index in [0.717, 1.165) is 12.1 Å². The molecule has 0 heterocycles. The number of rotatable bonds is 4. The van der Waals surface area contributed by atoms with Crippen molar-refractivity contribution in [1.82, 2.24) is 0 Å². The van der Waals surface area contributed by atoms with E-state index in [0.29, 0.717) is 0 Å². The first-order chi connectivity index (χ1) is 8.96. The van der Waals surface area contributed by atoms with Gasteiger partial charge in [0.1, 0.15) is 5.75 Å². The third kappa shape index (κ3) is 8.37. The molecule has 1 aromatic carbocycles. The maximum absolute atomic E-state index is 12.1. The van der Waals surface area contributed by atoms with Crippen molar-refractivity contribution in [2.45, 2.75) is 31.4 Å². The van der Waals surface area contributed by atoms with Gasteiger partial charge < -0.3 is 10.5 Å². The van der Waals surface area contributed by atoms with Gasteiger partial charge in [-0.15, -0.1) is 25.6 Å². The molecule has 0 fully saturated rings. The summed E-state index contributed by atoms with van der Waals surface area (Å²) < 4.78 is 76.4. The predicted molar refractivity (Wildman–Crippen MR) is 70.3 cm³/mol. The molecule has 122 valence electrons. The topological polar surface area (TPSA) is 35.2 Å². The second-order valence-electron chi connectivity index (χ2n) is 4.03. The molecule has 0 saturated carbocycles. The van der Waals surface area contributed by atoms with Crippen molar-refractivity contribution in [3.63, 3.8) is 0 Å². The van der Waals surface area contributed by atoms with Gasteiger partial charge in [-0.25, -0.2) is 0 Å². The van der Waals surface area contributed by atoms with E-state index in [2.05, 4.69) is 20.7 Å². The van der Waals surface area contributed by atoms with E-state index in [4.69, 9.17) is 5.73 Å². The summed E-state index contributed by atoms with van der Waals surface area (Å²) in [6.07, 6.45) is -10.8. The molecule has 0 aliphatic rings. The Labute approximate surface area is 131 Å². The van der Waals surface area contributed by atoms with E-state index in [-0.39, 0.29) is 22.4 Å². The molecule has 10 heteroatoms. The van der Waals surface area contributed by atoms with Crippen LogP contribution in [0.15, 0.2) is 22.7 Å². The maximum atomic E-state index is 12.1. The summed E-state index contributed by atoms with van der Waals surface area (Å²) in [5.74, 6) is -0.538. The highest BCUT2D eigenvalue weighted by atomic mass is 79.9. The lowest BCUT2D eigenvalue weighted by Gasteiger charge is -2.16. The van der Waals surface area contributed by atoms with Gasteiger partial charge in [0.15, 0.2) is 0 Å². The Hall–Kier alpha value is -0.670. The Balaban J connectivity index is 0.00000400. The first kappa shape index (κ1) is 20.3.